The van der Waals surface area contributed by atoms with Crippen molar-refractivity contribution in [3.63, 3.8) is 0 Å². The number of thiophene rings is 1. The average molecular weight is 282 g/mol. The first-order chi connectivity index (χ1) is 9.02. The monoisotopic (exact) mass is 282 g/mol. The zero-order chi connectivity index (χ0) is 14.3. The number of aryl methyl sites for hydroxylation is 3. The molecule has 0 saturated heterocycles. The minimum atomic E-state index is 0.161. The molecule has 1 aromatic rings. The molecule has 0 saturated carbocycles. The van der Waals surface area contributed by atoms with Crippen LogP contribution in [0.15, 0.2) is 6.07 Å². The second-order valence-corrected chi connectivity index (χ2v) is 6.52. The Morgan fingerprint density at radius 2 is 2.16 bits per heavy atom. The highest BCUT2D eigenvalue weighted by molar-refractivity contribution is 7.12. The Labute approximate surface area is 120 Å². The predicted octanol–water partition coefficient (Wildman–Crippen LogP) is 2.80. The van der Waals surface area contributed by atoms with E-state index in [0.717, 1.165) is 19.4 Å². The summed E-state index contributed by atoms with van der Waals surface area (Å²) in [6.45, 7) is 10.1. The highest BCUT2D eigenvalue weighted by atomic mass is 32.1. The Bertz CT molecular complexity index is 401. The van der Waals surface area contributed by atoms with Crippen LogP contribution in [0.4, 0.5) is 0 Å². The molecule has 0 aliphatic carbocycles. The molecule has 0 spiro atoms. The quantitative estimate of drug-likeness (QED) is 0.770. The summed E-state index contributed by atoms with van der Waals surface area (Å²) in [4.78, 5) is 14.4. The molecule has 3 nitrogen and oxygen atoms in total. The van der Waals surface area contributed by atoms with Crippen LogP contribution in [0.1, 0.15) is 42.0 Å². The van der Waals surface area contributed by atoms with Crippen molar-refractivity contribution < 1.29 is 4.79 Å². The van der Waals surface area contributed by atoms with Crippen LogP contribution in [-0.4, -0.2) is 25.0 Å². The summed E-state index contributed by atoms with van der Waals surface area (Å²) in [7, 11) is 0. The molecule has 1 rings (SSSR count). The maximum absolute atomic E-state index is 11.7. The molecule has 0 radical (unpaired) electrons. The van der Waals surface area contributed by atoms with Crippen LogP contribution in [-0.2, 0) is 11.2 Å². The Morgan fingerprint density at radius 1 is 1.42 bits per heavy atom. The molecule has 1 aromatic heterocycles. The fourth-order valence-electron chi connectivity index (χ4n) is 2.15. The number of carbonyl (C=O) groups excluding carboxylic acids is 1. The van der Waals surface area contributed by atoms with Crippen molar-refractivity contribution in [1.82, 2.24) is 10.6 Å². The summed E-state index contributed by atoms with van der Waals surface area (Å²) in [5, 5.41) is 6.25. The molecule has 0 aliphatic rings. The molecule has 0 aliphatic heterocycles. The topological polar surface area (TPSA) is 41.1 Å². The van der Waals surface area contributed by atoms with E-state index in [1.54, 1.807) is 0 Å². The minimum Gasteiger partial charge on any atom is -0.355 e. The van der Waals surface area contributed by atoms with Crippen LogP contribution in [0, 0.1) is 13.8 Å². The van der Waals surface area contributed by atoms with Crippen LogP contribution in [0.25, 0.3) is 0 Å². The lowest BCUT2D eigenvalue weighted by Gasteiger charge is -2.13. The van der Waals surface area contributed by atoms with Gasteiger partial charge in [-0.05, 0) is 51.8 Å². The van der Waals surface area contributed by atoms with Crippen molar-refractivity contribution in [2.45, 2.75) is 53.0 Å². The van der Waals surface area contributed by atoms with Crippen LogP contribution in [0.2, 0.25) is 0 Å². The van der Waals surface area contributed by atoms with Crippen LogP contribution < -0.4 is 10.6 Å². The second-order valence-electron chi connectivity index (χ2n) is 5.05. The first-order valence-corrected chi connectivity index (χ1v) is 7.90. The lowest BCUT2D eigenvalue weighted by atomic mass is 10.1. The van der Waals surface area contributed by atoms with Gasteiger partial charge in [-0.25, -0.2) is 0 Å². The van der Waals surface area contributed by atoms with E-state index in [1.807, 2.05) is 11.3 Å². The highest BCUT2D eigenvalue weighted by Gasteiger charge is 2.06. The van der Waals surface area contributed by atoms with Gasteiger partial charge in [0, 0.05) is 28.8 Å². The predicted molar refractivity (Wildman–Crippen MR) is 82.9 cm³/mol. The van der Waals surface area contributed by atoms with Crippen molar-refractivity contribution in [1.29, 1.82) is 0 Å². The van der Waals surface area contributed by atoms with Crippen LogP contribution in [0.3, 0.4) is 0 Å². The first-order valence-electron chi connectivity index (χ1n) is 7.09. The van der Waals surface area contributed by atoms with Crippen molar-refractivity contribution in [3.05, 3.63) is 21.4 Å². The Hall–Kier alpha value is -0.870. The fourth-order valence-corrected chi connectivity index (χ4v) is 3.12. The largest absolute Gasteiger partial charge is 0.355 e. The number of carbonyl (C=O) groups is 1. The van der Waals surface area contributed by atoms with Crippen molar-refractivity contribution in [2.24, 2.45) is 0 Å². The van der Waals surface area contributed by atoms with E-state index in [4.69, 9.17) is 0 Å². The molecule has 2 N–H and O–H groups in total. The Kier molecular flexibility index (Phi) is 7.10. The van der Waals surface area contributed by atoms with Crippen molar-refractivity contribution in [2.75, 3.05) is 13.1 Å². The zero-order valence-corrected chi connectivity index (χ0v) is 13.3. The summed E-state index contributed by atoms with van der Waals surface area (Å²) >= 11 is 1.84. The normalized spacial score (nSPS) is 12.4. The van der Waals surface area contributed by atoms with Gasteiger partial charge in [0.1, 0.15) is 0 Å². The lowest BCUT2D eigenvalue weighted by Crippen LogP contribution is -2.38. The van der Waals surface area contributed by atoms with Gasteiger partial charge in [-0.1, -0.05) is 6.92 Å². The number of nitrogens with one attached hydrogen (secondary N) is 2. The van der Waals surface area contributed by atoms with Gasteiger partial charge in [-0.3, -0.25) is 4.79 Å². The van der Waals surface area contributed by atoms with Crippen molar-refractivity contribution in [3.8, 4) is 0 Å². The minimum absolute atomic E-state index is 0.161. The molecule has 19 heavy (non-hydrogen) atoms. The average Bonchev–Trinajstić information content (AvgIpc) is 2.66. The number of hydrogen-bond donors (Lipinski definition) is 2. The van der Waals surface area contributed by atoms with Crippen molar-refractivity contribution >= 4 is 17.2 Å². The molecule has 0 aromatic carbocycles. The second kappa shape index (κ2) is 8.33. The summed E-state index contributed by atoms with van der Waals surface area (Å²) in [6.07, 6.45) is 2.55. The maximum atomic E-state index is 11.7. The standard InChI is InChI=1S/C15H26N2OS/c1-5-16-11(2)10-17-15(18)8-6-7-14-9-12(3)19-13(14)4/h9,11,16H,5-8,10H2,1-4H3,(H,17,18)/t11-/m1/s1. The van der Waals surface area contributed by atoms with Crippen LogP contribution in [0.5, 0.6) is 0 Å². The Balaban J connectivity index is 2.18. The van der Waals surface area contributed by atoms with Gasteiger partial charge in [0.15, 0.2) is 0 Å². The third-order valence-electron chi connectivity index (χ3n) is 3.15. The van der Waals surface area contributed by atoms with Crippen LogP contribution >= 0.6 is 11.3 Å². The lowest BCUT2D eigenvalue weighted by molar-refractivity contribution is -0.121. The summed E-state index contributed by atoms with van der Waals surface area (Å²) in [5.74, 6) is 0.161. The van der Waals surface area contributed by atoms with Gasteiger partial charge in [-0.15, -0.1) is 11.3 Å². The summed E-state index contributed by atoms with van der Waals surface area (Å²) in [5.41, 5.74) is 1.40. The van der Waals surface area contributed by atoms with Gasteiger partial charge in [0.25, 0.3) is 0 Å². The SMILES string of the molecule is CCN[C@H](C)CNC(=O)CCCc1cc(C)sc1C. The molecule has 4 heteroatoms. The molecular weight excluding hydrogens is 256 g/mol. The molecule has 108 valence electrons. The molecule has 0 bridgehead atoms. The summed E-state index contributed by atoms with van der Waals surface area (Å²) in [6, 6.07) is 2.58. The fraction of sp³-hybridized carbons (Fsp3) is 0.667. The number of rotatable bonds is 8. The van der Waals surface area contributed by atoms with E-state index in [-0.39, 0.29) is 5.91 Å². The molecule has 0 unspecified atom stereocenters. The Morgan fingerprint density at radius 3 is 2.74 bits per heavy atom. The van der Waals surface area contributed by atoms with Gasteiger partial charge in [-0.2, -0.15) is 0 Å². The molecule has 1 atom stereocenters. The van der Waals surface area contributed by atoms with E-state index in [1.165, 1.54) is 15.3 Å². The maximum Gasteiger partial charge on any atom is 0.220 e. The number of amides is 1. The van der Waals surface area contributed by atoms with Gasteiger partial charge in [0.2, 0.25) is 5.91 Å². The van der Waals surface area contributed by atoms with E-state index < -0.39 is 0 Å². The zero-order valence-electron chi connectivity index (χ0n) is 12.5. The van der Waals surface area contributed by atoms with Gasteiger partial charge < -0.3 is 10.6 Å². The number of likely N-dealkylation sites (N-methyl/N-ethyl adjacent to an activating group) is 1. The van der Waals surface area contributed by atoms with E-state index in [2.05, 4.69) is 44.4 Å². The third kappa shape index (κ3) is 6.21. The molecular formula is C15H26N2OS. The molecule has 1 amide bonds. The van der Waals surface area contributed by atoms with E-state index >= 15 is 0 Å². The highest BCUT2D eigenvalue weighted by Crippen LogP contribution is 2.22. The van der Waals surface area contributed by atoms with Gasteiger partial charge >= 0.3 is 0 Å². The summed E-state index contributed by atoms with van der Waals surface area (Å²) < 4.78 is 0. The molecule has 1 heterocycles. The van der Waals surface area contributed by atoms with Gasteiger partial charge in [0.05, 0.1) is 0 Å². The van der Waals surface area contributed by atoms with E-state index in [9.17, 15) is 4.79 Å². The first kappa shape index (κ1) is 16.2. The number of hydrogen-bond acceptors (Lipinski definition) is 3. The smallest absolute Gasteiger partial charge is 0.220 e. The molecule has 0 fully saturated rings. The van der Waals surface area contributed by atoms with E-state index in [0.29, 0.717) is 19.0 Å². The third-order valence-corrected chi connectivity index (χ3v) is 4.16.